The number of amides is 2. The largest absolute Gasteiger partial charge is 0.481 e. The SMILES string of the molecule is CCCC(CNC(=O)[C@@H]1OCC[C@@H]1CNC(=O)OCC1c2ccccc2-c2ccccc21)C(=O)O. The minimum Gasteiger partial charge on any atom is -0.481 e. The van der Waals surface area contributed by atoms with Gasteiger partial charge < -0.3 is 25.2 Å². The number of hydrogen-bond donors (Lipinski definition) is 3. The van der Waals surface area contributed by atoms with E-state index >= 15 is 0 Å². The Kier molecular flexibility index (Phi) is 8.02. The van der Waals surface area contributed by atoms with Crippen molar-refractivity contribution >= 4 is 18.0 Å². The predicted octanol–water partition coefficient (Wildman–Crippen LogP) is 3.55. The molecule has 2 aromatic rings. The molecule has 0 spiro atoms. The number of carbonyl (C=O) groups is 3. The van der Waals surface area contributed by atoms with Crippen molar-refractivity contribution in [3.63, 3.8) is 0 Å². The van der Waals surface area contributed by atoms with Crippen LogP contribution in [0.15, 0.2) is 48.5 Å². The first kappa shape index (κ1) is 24.7. The van der Waals surface area contributed by atoms with Gasteiger partial charge in [-0.2, -0.15) is 0 Å². The van der Waals surface area contributed by atoms with Crippen molar-refractivity contribution in [1.82, 2.24) is 10.6 Å². The first-order valence-electron chi connectivity index (χ1n) is 12.2. The molecule has 1 aliphatic heterocycles. The Bertz CT molecular complexity index is 1030. The van der Waals surface area contributed by atoms with E-state index in [1.54, 1.807) is 0 Å². The fourth-order valence-corrected chi connectivity index (χ4v) is 4.98. The summed E-state index contributed by atoms with van der Waals surface area (Å²) in [5, 5.41) is 14.7. The molecule has 0 radical (unpaired) electrons. The number of carboxylic acids is 1. The highest BCUT2D eigenvalue weighted by Crippen LogP contribution is 2.44. The lowest BCUT2D eigenvalue weighted by molar-refractivity contribution is -0.142. The van der Waals surface area contributed by atoms with Crippen molar-refractivity contribution in [2.75, 3.05) is 26.3 Å². The van der Waals surface area contributed by atoms with Gasteiger partial charge >= 0.3 is 12.1 Å². The van der Waals surface area contributed by atoms with Gasteiger partial charge in [-0.15, -0.1) is 0 Å². The highest BCUT2D eigenvalue weighted by molar-refractivity contribution is 5.82. The van der Waals surface area contributed by atoms with E-state index in [-0.39, 0.29) is 37.4 Å². The van der Waals surface area contributed by atoms with Gasteiger partial charge in [0.1, 0.15) is 12.7 Å². The maximum absolute atomic E-state index is 12.6. The van der Waals surface area contributed by atoms with Crippen LogP contribution in [0.25, 0.3) is 11.1 Å². The Balaban J connectivity index is 1.27. The Hall–Kier alpha value is -3.39. The molecule has 2 amide bonds. The van der Waals surface area contributed by atoms with Gasteiger partial charge in [-0.3, -0.25) is 9.59 Å². The third-order valence-corrected chi connectivity index (χ3v) is 6.83. The molecule has 2 aromatic carbocycles. The molecule has 1 heterocycles. The average molecular weight is 481 g/mol. The quantitative estimate of drug-likeness (QED) is 0.479. The average Bonchev–Trinajstić information content (AvgIpc) is 3.46. The molecule has 3 N–H and O–H groups in total. The minimum absolute atomic E-state index is 0.0215. The van der Waals surface area contributed by atoms with Crippen LogP contribution in [-0.2, 0) is 19.1 Å². The number of nitrogens with one attached hydrogen (secondary N) is 2. The van der Waals surface area contributed by atoms with Gasteiger partial charge in [0.15, 0.2) is 0 Å². The summed E-state index contributed by atoms with van der Waals surface area (Å²) in [5.74, 6) is -2.11. The highest BCUT2D eigenvalue weighted by Gasteiger charge is 2.35. The summed E-state index contributed by atoms with van der Waals surface area (Å²) in [7, 11) is 0. The third-order valence-electron chi connectivity index (χ3n) is 6.83. The number of rotatable bonds is 10. The van der Waals surface area contributed by atoms with Gasteiger partial charge in [-0.1, -0.05) is 61.9 Å². The van der Waals surface area contributed by atoms with Crippen molar-refractivity contribution < 1.29 is 29.0 Å². The second-order valence-corrected chi connectivity index (χ2v) is 9.12. The van der Waals surface area contributed by atoms with Gasteiger partial charge in [0, 0.05) is 31.5 Å². The fraction of sp³-hybridized carbons (Fsp3) is 0.444. The van der Waals surface area contributed by atoms with E-state index in [1.165, 1.54) is 0 Å². The molecule has 35 heavy (non-hydrogen) atoms. The van der Waals surface area contributed by atoms with Crippen LogP contribution in [0, 0.1) is 11.8 Å². The number of carboxylic acid groups (broad SMARTS) is 1. The van der Waals surface area contributed by atoms with Crippen LogP contribution in [0.3, 0.4) is 0 Å². The Morgan fingerprint density at radius 1 is 1.06 bits per heavy atom. The minimum atomic E-state index is -0.923. The van der Waals surface area contributed by atoms with Gasteiger partial charge in [-0.25, -0.2) is 4.79 Å². The van der Waals surface area contributed by atoms with E-state index in [0.29, 0.717) is 19.4 Å². The van der Waals surface area contributed by atoms with E-state index in [9.17, 15) is 19.5 Å². The Morgan fingerprint density at radius 3 is 2.34 bits per heavy atom. The topological polar surface area (TPSA) is 114 Å². The zero-order chi connectivity index (χ0) is 24.8. The Morgan fingerprint density at radius 2 is 1.71 bits per heavy atom. The number of carbonyl (C=O) groups excluding carboxylic acids is 2. The van der Waals surface area contributed by atoms with Gasteiger partial charge in [0.25, 0.3) is 0 Å². The van der Waals surface area contributed by atoms with Crippen LogP contribution in [0.1, 0.15) is 43.2 Å². The van der Waals surface area contributed by atoms with Crippen LogP contribution in [0.5, 0.6) is 0 Å². The summed E-state index contributed by atoms with van der Waals surface area (Å²) in [6, 6.07) is 16.3. The van der Waals surface area contributed by atoms with Crippen molar-refractivity contribution in [2.45, 2.75) is 38.2 Å². The number of benzene rings is 2. The third kappa shape index (κ3) is 5.65. The normalized spacial score (nSPS) is 19.5. The highest BCUT2D eigenvalue weighted by atomic mass is 16.5. The molecule has 1 aliphatic carbocycles. The number of aliphatic carboxylic acids is 1. The number of ether oxygens (including phenoxy) is 2. The summed E-state index contributed by atoms with van der Waals surface area (Å²) < 4.78 is 11.2. The monoisotopic (exact) mass is 480 g/mol. The smallest absolute Gasteiger partial charge is 0.407 e. The molecule has 8 nitrogen and oxygen atoms in total. The standard InChI is InChI=1S/C27H32N2O6/c1-2-7-18(26(31)32)15-28-25(30)24-17(12-13-34-24)14-29-27(33)35-16-23-21-10-5-3-8-19(21)20-9-4-6-11-22(20)23/h3-6,8-11,17-18,23-24H,2,7,12-16H2,1H3,(H,28,30)(H,29,33)(H,31,32)/t17-,18?,24-/m1/s1. The lowest BCUT2D eigenvalue weighted by atomic mass is 9.98. The molecule has 0 aromatic heterocycles. The van der Waals surface area contributed by atoms with Crippen molar-refractivity contribution in [1.29, 1.82) is 0 Å². The lowest BCUT2D eigenvalue weighted by Gasteiger charge is -2.20. The second kappa shape index (κ2) is 11.4. The maximum atomic E-state index is 12.6. The molecule has 0 saturated carbocycles. The summed E-state index contributed by atoms with van der Waals surface area (Å²) >= 11 is 0. The second-order valence-electron chi connectivity index (χ2n) is 9.12. The zero-order valence-corrected chi connectivity index (χ0v) is 19.9. The molecule has 0 bridgehead atoms. The van der Waals surface area contributed by atoms with Crippen molar-refractivity contribution in [2.24, 2.45) is 11.8 Å². The molecular weight excluding hydrogens is 448 g/mol. The predicted molar refractivity (Wildman–Crippen MR) is 130 cm³/mol. The van der Waals surface area contributed by atoms with Crippen LogP contribution in [-0.4, -0.2) is 55.5 Å². The number of hydrogen-bond acceptors (Lipinski definition) is 5. The summed E-state index contributed by atoms with van der Waals surface area (Å²) in [6.07, 6.45) is 0.582. The molecule has 1 unspecified atom stereocenters. The van der Waals surface area contributed by atoms with E-state index in [1.807, 2.05) is 31.2 Å². The van der Waals surface area contributed by atoms with Gasteiger partial charge in [0.05, 0.1) is 5.92 Å². The molecular formula is C27H32N2O6. The Labute approximate surface area is 205 Å². The first-order chi connectivity index (χ1) is 17.0. The number of fused-ring (bicyclic) bond motifs is 3. The molecule has 3 atom stereocenters. The molecule has 8 heteroatoms. The molecule has 1 saturated heterocycles. The summed E-state index contributed by atoms with van der Waals surface area (Å²) in [6.45, 7) is 2.84. The fourth-order valence-electron chi connectivity index (χ4n) is 4.98. The van der Waals surface area contributed by atoms with E-state index in [4.69, 9.17) is 9.47 Å². The van der Waals surface area contributed by atoms with Crippen LogP contribution < -0.4 is 10.6 Å². The van der Waals surface area contributed by atoms with Crippen LogP contribution in [0.4, 0.5) is 4.79 Å². The lowest BCUT2D eigenvalue weighted by Crippen LogP contribution is -2.44. The van der Waals surface area contributed by atoms with E-state index in [2.05, 4.69) is 34.9 Å². The van der Waals surface area contributed by atoms with Gasteiger partial charge in [-0.05, 0) is 35.1 Å². The summed E-state index contributed by atoms with van der Waals surface area (Å²) in [4.78, 5) is 36.4. The van der Waals surface area contributed by atoms with E-state index in [0.717, 1.165) is 28.7 Å². The molecule has 1 fully saturated rings. The summed E-state index contributed by atoms with van der Waals surface area (Å²) in [5.41, 5.74) is 4.62. The first-order valence-corrected chi connectivity index (χ1v) is 12.2. The molecule has 186 valence electrons. The van der Waals surface area contributed by atoms with Crippen LogP contribution in [0.2, 0.25) is 0 Å². The van der Waals surface area contributed by atoms with Crippen molar-refractivity contribution in [3.05, 3.63) is 59.7 Å². The van der Waals surface area contributed by atoms with Crippen molar-refractivity contribution in [3.8, 4) is 11.1 Å². The maximum Gasteiger partial charge on any atom is 0.407 e. The molecule has 4 rings (SSSR count). The number of alkyl carbamates (subject to hydrolysis) is 1. The molecule has 2 aliphatic rings. The zero-order valence-electron chi connectivity index (χ0n) is 19.9. The van der Waals surface area contributed by atoms with E-state index < -0.39 is 24.1 Å². The van der Waals surface area contributed by atoms with Gasteiger partial charge in [0.2, 0.25) is 5.91 Å². The van der Waals surface area contributed by atoms with Crippen LogP contribution >= 0.6 is 0 Å².